The van der Waals surface area contributed by atoms with Crippen LogP contribution in [0.2, 0.25) is 0 Å². The zero-order valence-electron chi connectivity index (χ0n) is 15.9. The third-order valence-electron chi connectivity index (χ3n) is 4.40. The van der Waals surface area contributed by atoms with Gasteiger partial charge in [-0.1, -0.05) is 36.8 Å². The van der Waals surface area contributed by atoms with Gasteiger partial charge in [0.25, 0.3) is 0 Å². The summed E-state index contributed by atoms with van der Waals surface area (Å²) in [4.78, 5) is 25.8. The number of rotatable bonds is 6. The molecule has 0 saturated carbocycles. The van der Waals surface area contributed by atoms with E-state index in [0.29, 0.717) is 19.4 Å². The second-order valence-electron chi connectivity index (χ2n) is 7.88. The molecule has 1 heterocycles. The van der Waals surface area contributed by atoms with E-state index in [9.17, 15) is 14.7 Å². The maximum atomic E-state index is 12.2. The van der Waals surface area contributed by atoms with Crippen LogP contribution in [0, 0.1) is 0 Å². The van der Waals surface area contributed by atoms with Crippen LogP contribution in [0.25, 0.3) is 0 Å². The summed E-state index contributed by atoms with van der Waals surface area (Å²) in [6.07, 6.45) is 2.72. The topological polar surface area (TPSA) is 78.9 Å². The van der Waals surface area contributed by atoms with Gasteiger partial charge in [0.2, 0.25) is 0 Å². The minimum atomic E-state index is -0.791. The Morgan fingerprint density at radius 1 is 1.27 bits per heavy atom. The molecule has 144 valence electrons. The van der Waals surface area contributed by atoms with Crippen LogP contribution in [-0.4, -0.2) is 52.8 Å². The molecule has 0 spiro atoms. The Hall–Kier alpha value is -2.08. The molecule has 2 N–H and O–H groups in total. The highest BCUT2D eigenvalue weighted by molar-refractivity contribution is 5.73. The number of amides is 1. The molecule has 1 amide bonds. The zero-order valence-corrected chi connectivity index (χ0v) is 15.9. The number of aliphatic carboxylic acids is 1. The number of ether oxygens (including phenoxy) is 1. The van der Waals surface area contributed by atoms with Crippen LogP contribution in [0.3, 0.4) is 0 Å². The summed E-state index contributed by atoms with van der Waals surface area (Å²) in [6, 6.07) is 9.19. The molecule has 1 fully saturated rings. The third kappa shape index (κ3) is 6.67. The standard InChI is InChI=1S/C20H30N2O4/c1-20(2,3)26-19(25)21-16(13-15-9-5-4-6-10-15)14-22-12-8-7-11-17(22)18(23)24/h4-6,9-10,16-17H,7-8,11-14H2,1-3H3,(H,21,25)(H,23,24)/t16-,17?/m0/s1. The van der Waals surface area contributed by atoms with Gasteiger partial charge >= 0.3 is 12.1 Å². The number of hydrogen-bond acceptors (Lipinski definition) is 4. The van der Waals surface area contributed by atoms with Crippen molar-refractivity contribution in [2.45, 2.75) is 64.1 Å². The van der Waals surface area contributed by atoms with E-state index in [1.54, 1.807) is 0 Å². The number of alkyl carbamates (subject to hydrolysis) is 1. The molecule has 0 aromatic heterocycles. The number of hydrogen-bond donors (Lipinski definition) is 2. The quantitative estimate of drug-likeness (QED) is 0.813. The molecule has 1 aromatic rings. The molecule has 1 aromatic carbocycles. The number of carbonyl (C=O) groups is 2. The van der Waals surface area contributed by atoms with E-state index < -0.39 is 23.7 Å². The molecule has 1 unspecified atom stereocenters. The molecule has 26 heavy (non-hydrogen) atoms. The lowest BCUT2D eigenvalue weighted by molar-refractivity contribution is -0.144. The molecule has 6 nitrogen and oxygen atoms in total. The first-order valence-electron chi connectivity index (χ1n) is 9.25. The number of likely N-dealkylation sites (tertiary alicyclic amines) is 1. The number of benzene rings is 1. The number of piperidine rings is 1. The van der Waals surface area contributed by atoms with Gasteiger partial charge in [0, 0.05) is 12.6 Å². The average Bonchev–Trinajstić information content (AvgIpc) is 2.54. The largest absolute Gasteiger partial charge is 0.480 e. The van der Waals surface area contributed by atoms with Gasteiger partial charge in [0.05, 0.1) is 0 Å². The monoisotopic (exact) mass is 362 g/mol. The highest BCUT2D eigenvalue weighted by atomic mass is 16.6. The summed E-state index contributed by atoms with van der Waals surface area (Å²) in [6.45, 7) is 6.70. The summed E-state index contributed by atoms with van der Waals surface area (Å²) < 4.78 is 5.38. The summed E-state index contributed by atoms with van der Waals surface area (Å²) in [7, 11) is 0. The predicted octanol–water partition coefficient (Wildman–Crippen LogP) is 3.06. The molecule has 2 rings (SSSR count). The SMILES string of the molecule is CC(C)(C)OC(=O)N[C@@H](Cc1ccccc1)CN1CCCCC1C(=O)O. The van der Waals surface area contributed by atoms with Crippen LogP contribution in [0.4, 0.5) is 4.79 Å². The van der Waals surface area contributed by atoms with Crippen molar-refractivity contribution in [1.29, 1.82) is 0 Å². The predicted molar refractivity (Wildman–Crippen MR) is 100 cm³/mol. The number of nitrogens with one attached hydrogen (secondary N) is 1. The van der Waals surface area contributed by atoms with Crippen molar-refractivity contribution in [2.75, 3.05) is 13.1 Å². The first-order chi connectivity index (χ1) is 12.2. The fourth-order valence-electron chi connectivity index (χ4n) is 3.31. The van der Waals surface area contributed by atoms with E-state index in [1.807, 2.05) is 56.0 Å². The second kappa shape index (κ2) is 9.03. The highest BCUT2D eigenvalue weighted by Gasteiger charge is 2.31. The van der Waals surface area contributed by atoms with Crippen LogP contribution in [0.1, 0.15) is 45.6 Å². The summed E-state index contributed by atoms with van der Waals surface area (Å²) in [5.41, 5.74) is 0.522. The summed E-state index contributed by atoms with van der Waals surface area (Å²) >= 11 is 0. The van der Waals surface area contributed by atoms with E-state index in [0.717, 1.165) is 24.9 Å². The van der Waals surface area contributed by atoms with Gasteiger partial charge in [0.1, 0.15) is 11.6 Å². The van der Waals surface area contributed by atoms with E-state index in [2.05, 4.69) is 5.32 Å². The summed E-state index contributed by atoms with van der Waals surface area (Å²) in [5, 5.41) is 12.4. The van der Waals surface area contributed by atoms with Crippen molar-refractivity contribution in [3.63, 3.8) is 0 Å². The Morgan fingerprint density at radius 3 is 2.58 bits per heavy atom. The van der Waals surface area contributed by atoms with Crippen molar-refractivity contribution in [3.05, 3.63) is 35.9 Å². The van der Waals surface area contributed by atoms with Crippen molar-refractivity contribution >= 4 is 12.1 Å². The maximum Gasteiger partial charge on any atom is 0.407 e. The molecule has 2 atom stereocenters. The minimum absolute atomic E-state index is 0.216. The lowest BCUT2D eigenvalue weighted by atomic mass is 9.99. The van der Waals surface area contributed by atoms with Crippen molar-refractivity contribution in [3.8, 4) is 0 Å². The van der Waals surface area contributed by atoms with Crippen molar-refractivity contribution in [1.82, 2.24) is 10.2 Å². The Kier molecular flexibility index (Phi) is 7.03. The summed E-state index contributed by atoms with van der Waals surface area (Å²) in [5.74, 6) is -0.791. The van der Waals surface area contributed by atoms with Gasteiger partial charge in [-0.3, -0.25) is 9.69 Å². The normalized spacial score (nSPS) is 19.6. The van der Waals surface area contributed by atoms with E-state index in [1.165, 1.54) is 0 Å². The Bertz CT molecular complexity index is 598. The molecule has 0 radical (unpaired) electrons. The van der Waals surface area contributed by atoms with Crippen LogP contribution >= 0.6 is 0 Å². The Labute approximate surface area is 155 Å². The number of carboxylic acids is 1. The number of carboxylic acid groups (broad SMARTS) is 1. The van der Waals surface area contributed by atoms with E-state index >= 15 is 0 Å². The van der Waals surface area contributed by atoms with Gasteiger partial charge in [-0.2, -0.15) is 0 Å². The van der Waals surface area contributed by atoms with Crippen molar-refractivity contribution in [2.24, 2.45) is 0 Å². The second-order valence-corrected chi connectivity index (χ2v) is 7.88. The zero-order chi connectivity index (χ0) is 19.2. The smallest absolute Gasteiger partial charge is 0.407 e. The Balaban J connectivity index is 2.08. The molecular weight excluding hydrogens is 332 g/mol. The van der Waals surface area contributed by atoms with Crippen LogP contribution in [0.15, 0.2) is 30.3 Å². The molecule has 1 saturated heterocycles. The lowest BCUT2D eigenvalue weighted by Crippen LogP contribution is -2.52. The maximum absolute atomic E-state index is 12.2. The van der Waals surface area contributed by atoms with Gasteiger partial charge in [-0.15, -0.1) is 0 Å². The van der Waals surface area contributed by atoms with Crippen molar-refractivity contribution < 1.29 is 19.4 Å². The number of nitrogens with zero attached hydrogens (tertiary/aromatic N) is 1. The first-order valence-corrected chi connectivity index (χ1v) is 9.25. The highest BCUT2D eigenvalue weighted by Crippen LogP contribution is 2.18. The van der Waals surface area contributed by atoms with E-state index in [4.69, 9.17) is 4.74 Å². The number of carbonyl (C=O) groups excluding carboxylic acids is 1. The fourth-order valence-corrected chi connectivity index (χ4v) is 3.31. The van der Waals surface area contributed by atoms with Crippen LogP contribution < -0.4 is 5.32 Å². The van der Waals surface area contributed by atoms with Gasteiger partial charge < -0.3 is 15.2 Å². The fraction of sp³-hybridized carbons (Fsp3) is 0.600. The molecule has 0 aliphatic carbocycles. The lowest BCUT2D eigenvalue weighted by Gasteiger charge is -2.35. The average molecular weight is 362 g/mol. The molecule has 0 bridgehead atoms. The van der Waals surface area contributed by atoms with Crippen LogP contribution in [0.5, 0.6) is 0 Å². The Morgan fingerprint density at radius 2 is 1.96 bits per heavy atom. The van der Waals surface area contributed by atoms with Gasteiger partial charge in [-0.05, 0) is 52.1 Å². The molecule has 1 aliphatic heterocycles. The van der Waals surface area contributed by atoms with E-state index in [-0.39, 0.29) is 6.04 Å². The first kappa shape index (κ1) is 20.2. The van der Waals surface area contributed by atoms with Gasteiger partial charge in [-0.25, -0.2) is 4.79 Å². The molecular formula is C20H30N2O4. The molecule has 6 heteroatoms. The molecule has 1 aliphatic rings. The third-order valence-corrected chi connectivity index (χ3v) is 4.40. The minimum Gasteiger partial charge on any atom is -0.480 e. The van der Waals surface area contributed by atoms with Crippen LogP contribution in [-0.2, 0) is 16.0 Å². The van der Waals surface area contributed by atoms with Gasteiger partial charge in [0.15, 0.2) is 0 Å².